The van der Waals surface area contributed by atoms with Gasteiger partial charge in [-0.1, -0.05) is 29.8 Å². The summed E-state index contributed by atoms with van der Waals surface area (Å²) in [5, 5.41) is 8.28. The van der Waals surface area contributed by atoms with E-state index in [4.69, 9.17) is 0 Å². The van der Waals surface area contributed by atoms with Crippen LogP contribution < -0.4 is 0 Å². The number of aromatic nitrogens is 3. The minimum Gasteiger partial charge on any atom is -0.294 e. The van der Waals surface area contributed by atoms with Gasteiger partial charge in [-0.3, -0.25) is 9.78 Å². The van der Waals surface area contributed by atoms with Gasteiger partial charge >= 0.3 is 0 Å². The number of carbonyl (C=O) groups excluding carboxylic acids is 1. The van der Waals surface area contributed by atoms with Crippen molar-refractivity contribution in [1.29, 1.82) is 0 Å². The number of pyridine rings is 1. The van der Waals surface area contributed by atoms with E-state index in [0.717, 1.165) is 11.3 Å². The van der Waals surface area contributed by atoms with Crippen molar-refractivity contribution in [2.75, 3.05) is 0 Å². The first kappa shape index (κ1) is 14.1. The summed E-state index contributed by atoms with van der Waals surface area (Å²) >= 11 is 0. The van der Waals surface area contributed by atoms with Crippen LogP contribution in [0.2, 0.25) is 0 Å². The Labute approximate surface area is 128 Å². The lowest BCUT2D eigenvalue weighted by atomic mass is 10.0. The largest absolute Gasteiger partial charge is 0.294 e. The number of hydrogen-bond acceptors (Lipinski definition) is 4. The normalized spacial score (nSPS) is 10.4. The number of Topliss-reactive ketones (excluding diaryl/α,β-unsaturated/α-hetero) is 1. The summed E-state index contributed by atoms with van der Waals surface area (Å²) in [7, 11) is 0. The number of carbonyl (C=O) groups is 1. The van der Waals surface area contributed by atoms with E-state index in [2.05, 4.69) is 15.2 Å². The second kappa shape index (κ2) is 6.26. The van der Waals surface area contributed by atoms with Gasteiger partial charge in [-0.15, -0.1) is 5.10 Å². The summed E-state index contributed by atoms with van der Waals surface area (Å²) in [5.41, 5.74) is 3.91. The van der Waals surface area contributed by atoms with Crippen LogP contribution in [0.3, 0.4) is 0 Å². The molecule has 0 saturated heterocycles. The fourth-order valence-corrected chi connectivity index (χ4v) is 2.19. The van der Waals surface area contributed by atoms with E-state index in [1.54, 1.807) is 6.20 Å². The Kier molecular flexibility index (Phi) is 4.01. The van der Waals surface area contributed by atoms with Crippen LogP contribution in [0.15, 0.2) is 60.8 Å². The van der Waals surface area contributed by atoms with E-state index < -0.39 is 0 Å². The summed E-state index contributed by atoms with van der Waals surface area (Å²) in [6, 6.07) is 16.9. The molecule has 0 aliphatic carbocycles. The predicted molar refractivity (Wildman–Crippen MR) is 84.5 cm³/mol. The van der Waals surface area contributed by atoms with E-state index in [9.17, 15) is 4.79 Å². The third kappa shape index (κ3) is 3.23. The van der Waals surface area contributed by atoms with Crippen LogP contribution in [0.1, 0.15) is 21.6 Å². The van der Waals surface area contributed by atoms with Crippen molar-refractivity contribution in [2.24, 2.45) is 0 Å². The molecule has 0 N–H and O–H groups in total. The van der Waals surface area contributed by atoms with Gasteiger partial charge in [-0.2, -0.15) is 5.10 Å². The Hall–Kier alpha value is -2.88. The maximum Gasteiger partial charge on any atom is 0.168 e. The van der Waals surface area contributed by atoms with Gasteiger partial charge in [-0.25, -0.2) is 0 Å². The summed E-state index contributed by atoms with van der Waals surface area (Å²) in [6.07, 6.45) is 1.96. The maximum absolute atomic E-state index is 12.2. The molecule has 108 valence electrons. The van der Waals surface area contributed by atoms with Gasteiger partial charge in [0.2, 0.25) is 0 Å². The predicted octanol–water partition coefficient (Wildman–Crippen LogP) is 3.27. The zero-order chi connectivity index (χ0) is 15.4. The van der Waals surface area contributed by atoms with Crippen molar-refractivity contribution >= 4 is 5.78 Å². The molecule has 0 spiro atoms. The molecule has 1 aromatic carbocycles. The molecule has 0 aliphatic rings. The minimum atomic E-state index is 0.0450. The summed E-state index contributed by atoms with van der Waals surface area (Å²) < 4.78 is 0. The molecule has 0 fully saturated rings. The zero-order valence-electron chi connectivity index (χ0n) is 12.2. The molecule has 4 heteroatoms. The van der Waals surface area contributed by atoms with Crippen molar-refractivity contribution in [2.45, 2.75) is 13.3 Å². The van der Waals surface area contributed by atoms with Crippen molar-refractivity contribution in [3.05, 3.63) is 77.6 Å². The molecule has 2 heterocycles. The van der Waals surface area contributed by atoms with Gasteiger partial charge in [0.1, 0.15) is 5.69 Å². The lowest BCUT2D eigenvalue weighted by Crippen LogP contribution is -2.06. The third-order valence-corrected chi connectivity index (χ3v) is 3.33. The summed E-state index contributed by atoms with van der Waals surface area (Å²) in [6.45, 7) is 1.97. The molecular formula is C18H15N3O. The number of aryl methyl sites for hydroxylation is 1. The lowest BCUT2D eigenvalue weighted by Gasteiger charge is -2.03. The Morgan fingerprint density at radius 1 is 0.955 bits per heavy atom. The molecule has 0 atom stereocenters. The monoisotopic (exact) mass is 289 g/mol. The van der Waals surface area contributed by atoms with E-state index >= 15 is 0 Å². The first-order valence-electron chi connectivity index (χ1n) is 7.06. The van der Waals surface area contributed by atoms with Crippen LogP contribution in [0.5, 0.6) is 0 Å². The number of ketones is 1. The summed E-state index contributed by atoms with van der Waals surface area (Å²) in [4.78, 5) is 16.5. The van der Waals surface area contributed by atoms with Crippen LogP contribution in [-0.4, -0.2) is 21.0 Å². The summed E-state index contributed by atoms with van der Waals surface area (Å²) in [5.74, 6) is 0.0450. The van der Waals surface area contributed by atoms with Crippen LogP contribution in [-0.2, 0) is 6.42 Å². The van der Waals surface area contributed by atoms with Crippen LogP contribution >= 0.6 is 0 Å². The second-order valence-electron chi connectivity index (χ2n) is 5.09. The Bertz CT molecular complexity index is 783. The topological polar surface area (TPSA) is 55.7 Å². The van der Waals surface area contributed by atoms with E-state index in [1.165, 1.54) is 0 Å². The van der Waals surface area contributed by atoms with Gasteiger partial charge in [0.25, 0.3) is 0 Å². The molecule has 3 aromatic rings. The van der Waals surface area contributed by atoms with Gasteiger partial charge in [0.15, 0.2) is 5.78 Å². The quantitative estimate of drug-likeness (QED) is 0.692. The van der Waals surface area contributed by atoms with E-state index in [-0.39, 0.29) is 12.2 Å². The first-order chi connectivity index (χ1) is 10.7. The highest BCUT2D eigenvalue weighted by Gasteiger charge is 2.09. The average Bonchev–Trinajstić information content (AvgIpc) is 2.56. The maximum atomic E-state index is 12.2. The fraction of sp³-hybridized carbons (Fsp3) is 0.111. The fourth-order valence-electron chi connectivity index (χ4n) is 2.19. The van der Waals surface area contributed by atoms with Gasteiger partial charge in [0.05, 0.1) is 17.8 Å². The molecule has 0 unspecified atom stereocenters. The molecule has 0 amide bonds. The molecule has 3 rings (SSSR count). The van der Waals surface area contributed by atoms with Crippen LogP contribution in [0, 0.1) is 6.92 Å². The van der Waals surface area contributed by atoms with Crippen LogP contribution in [0.4, 0.5) is 0 Å². The first-order valence-corrected chi connectivity index (χ1v) is 7.06. The number of benzene rings is 1. The standard InChI is InChI=1S/C18H15N3O/c1-13-5-4-6-14(11-13)18(22)12-15-8-9-17(21-20-15)16-7-2-3-10-19-16/h2-11H,12H2,1H3. The molecule has 22 heavy (non-hydrogen) atoms. The van der Waals surface area contributed by atoms with E-state index in [0.29, 0.717) is 17.0 Å². The third-order valence-electron chi connectivity index (χ3n) is 3.33. The Morgan fingerprint density at radius 2 is 1.86 bits per heavy atom. The lowest BCUT2D eigenvalue weighted by molar-refractivity contribution is 0.0991. The SMILES string of the molecule is Cc1cccc(C(=O)Cc2ccc(-c3ccccn3)nn2)c1. The van der Waals surface area contributed by atoms with Crippen LogP contribution in [0.25, 0.3) is 11.4 Å². The molecule has 0 bridgehead atoms. The highest BCUT2D eigenvalue weighted by atomic mass is 16.1. The highest BCUT2D eigenvalue weighted by Crippen LogP contribution is 2.13. The van der Waals surface area contributed by atoms with Crippen molar-refractivity contribution < 1.29 is 4.79 Å². The van der Waals surface area contributed by atoms with Gasteiger partial charge in [0, 0.05) is 11.8 Å². The Morgan fingerprint density at radius 3 is 2.55 bits per heavy atom. The van der Waals surface area contributed by atoms with Gasteiger partial charge in [-0.05, 0) is 37.3 Å². The van der Waals surface area contributed by atoms with E-state index in [1.807, 2.05) is 61.5 Å². The van der Waals surface area contributed by atoms with Crippen molar-refractivity contribution in [3.8, 4) is 11.4 Å². The molecule has 0 aliphatic heterocycles. The number of rotatable bonds is 4. The van der Waals surface area contributed by atoms with Gasteiger partial charge < -0.3 is 0 Å². The molecule has 0 radical (unpaired) electrons. The smallest absolute Gasteiger partial charge is 0.168 e. The van der Waals surface area contributed by atoms with Crippen molar-refractivity contribution in [1.82, 2.24) is 15.2 Å². The Balaban J connectivity index is 1.75. The van der Waals surface area contributed by atoms with Crippen molar-refractivity contribution in [3.63, 3.8) is 0 Å². The molecule has 4 nitrogen and oxygen atoms in total. The average molecular weight is 289 g/mol. The molecule has 2 aromatic heterocycles. The number of hydrogen-bond donors (Lipinski definition) is 0. The second-order valence-corrected chi connectivity index (χ2v) is 5.09. The zero-order valence-corrected chi connectivity index (χ0v) is 12.2. The highest BCUT2D eigenvalue weighted by molar-refractivity contribution is 5.97. The number of nitrogens with zero attached hydrogens (tertiary/aromatic N) is 3. The molecule has 0 saturated carbocycles. The minimum absolute atomic E-state index is 0.0450. The molecular weight excluding hydrogens is 274 g/mol.